The lowest BCUT2D eigenvalue weighted by atomic mass is 9.99. The van der Waals surface area contributed by atoms with E-state index < -0.39 is 0 Å². The molecule has 3 aromatic carbocycles. The molecular weight excluding hydrogens is 510 g/mol. The summed E-state index contributed by atoms with van der Waals surface area (Å²) in [5.74, 6) is 2.18. The van der Waals surface area contributed by atoms with Crippen LogP contribution in [0, 0.1) is 0 Å². The fraction of sp³-hybridized carbons (Fsp3) is 0.118. The number of fused-ring (bicyclic) bond motifs is 4. The maximum atomic E-state index is 5.29. The number of benzene rings is 3. The summed E-state index contributed by atoms with van der Waals surface area (Å²) >= 11 is 1.77. The van der Waals surface area contributed by atoms with Crippen molar-refractivity contribution in [2.45, 2.75) is 6.42 Å². The molecule has 0 atom stereocenters. The molecule has 5 heterocycles. The van der Waals surface area contributed by atoms with Crippen LogP contribution in [0.3, 0.4) is 0 Å². The van der Waals surface area contributed by atoms with Gasteiger partial charge in [-0.15, -0.1) is 11.3 Å². The molecule has 0 amide bonds. The minimum Gasteiger partial charge on any atom is -0.341 e. The van der Waals surface area contributed by atoms with Crippen LogP contribution in [0.5, 0.6) is 0 Å². The van der Waals surface area contributed by atoms with Gasteiger partial charge in [0.1, 0.15) is 5.82 Å². The Hall–Kier alpha value is -4.68. The van der Waals surface area contributed by atoms with Gasteiger partial charge in [-0.3, -0.25) is 4.90 Å². The van der Waals surface area contributed by atoms with Crippen molar-refractivity contribution >= 4 is 62.0 Å². The minimum absolute atomic E-state index is 0.912. The van der Waals surface area contributed by atoms with E-state index >= 15 is 0 Å². The summed E-state index contributed by atoms with van der Waals surface area (Å²) < 4.78 is 5.75. The zero-order valence-corrected chi connectivity index (χ0v) is 23.5. The van der Waals surface area contributed by atoms with Crippen molar-refractivity contribution in [1.29, 1.82) is 0 Å². The molecule has 0 radical (unpaired) electrons. The fourth-order valence-electron chi connectivity index (χ4n) is 6.40. The Balaban J connectivity index is 1.32. The van der Waals surface area contributed by atoms with E-state index in [9.17, 15) is 0 Å². The third-order valence-electron chi connectivity index (χ3n) is 8.26. The van der Waals surface area contributed by atoms with Gasteiger partial charge in [0.2, 0.25) is 0 Å². The lowest BCUT2D eigenvalue weighted by Gasteiger charge is -2.38. The number of hydrogen-bond acceptors (Lipinski definition) is 4. The molecule has 6 heteroatoms. The predicted octanol–water partition coefficient (Wildman–Crippen LogP) is 8.42. The summed E-state index contributed by atoms with van der Waals surface area (Å²) in [6, 6.07) is 30.5. The van der Waals surface area contributed by atoms with Crippen LogP contribution in [-0.2, 0) is 13.5 Å². The summed E-state index contributed by atoms with van der Waals surface area (Å²) in [6.45, 7) is 0. The molecule has 0 aliphatic carbocycles. The van der Waals surface area contributed by atoms with Gasteiger partial charge in [0.05, 0.1) is 60.5 Å². The Labute approximate surface area is 237 Å². The summed E-state index contributed by atoms with van der Waals surface area (Å²) in [5, 5.41) is 3.40. The van der Waals surface area contributed by atoms with Gasteiger partial charge >= 0.3 is 0 Å². The van der Waals surface area contributed by atoms with Gasteiger partial charge in [0.25, 0.3) is 5.82 Å². The van der Waals surface area contributed by atoms with Crippen molar-refractivity contribution in [3.8, 4) is 22.4 Å². The smallest absolute Gasteiger partial charge is 0.284 e. The molecule has 0 bridgehead atoms. The van der Waals surface area contributed by atoms with E-state index in [2.05, 4.69) is 143 Å². The molecule has 40 heavy (non-hydrogen) atoms. The monoisotopic (exact) mass is 538 g/mol. The zero-order valence-electron chi connectivity index (χ0n) is 22.7. The molecule has 8 rings (SSSR count). The molecule has 0 spiro atoms. The molecule has 0 unspecified atom stereocenters. The molecule has 0 saturated heterocycles. The number of aryl methyl sites for hydroxylation is 1. The summed E-state index contributed by atoms with van der Waals surface area (Å²) in [7, 11) is 6.42. The van der Waals surface area contributed by atoms with Crippen LogP contribution in [0.1, 0.15) is 5.56 Å². The molecule has 194 valence electrons. The van der Waals surface area contributed by atoms with Crippen LogP contribution in [0.2, 0.25) is 0 Å². The lowest BCUT2D eigenvalue weighted by Crippen LogP contribution is -2.24. The second-order valence-corrected chi connectivity index (χ2v) is 11.5. The van der Waals surface area contributed by atoms with E-state index in [1.165, 1.54) is 32.6 Å². The van der Waals surface area contributed by atoms with Crippen molar-refractivity contribution in [2.24, 2.45) is 7.05 Å². The van der Waals surface area contributed by atoms with Gasteiger partial charge in [-0.2, -0.15) is 0 Å². The number of pyridine rings is 1. The van der Waals surface area contributed by atoms with Gasteiger partial charge in [0, 0.05) is 34.7 Å². The second kappa shape index (κ2) is 8.66. The van der Waals surface area contributed by atoms with Crippen LogP contribution >= 0.6 is 11.3 Å². The van der Waals surface area contributed by atoms with E-state index in [1.54, 1.807) is 11.3 Å². The SMILES string of the molecule is CN1c2ccccc2N(c2cccc(-c3cccc4sccc34)n2)c2cc(-c3cn(C)c4c3CC=[N+]4C)ccc21. The van der Waals surface area contributed by atoms with Crippen LogP contribution < -0.4 is 9.80 Å². The van der Waals surface area contributed by atoms with Crippen LogP contribution in [0.4, 0.5) is 34.4 Å². The van der Waals surface area contributed by atoms with Crippen molar-refractivity contribution < 1.29 is 4.58 Å². The molecule has 2 aliphatic heterocycles. The highest BCUT2D eigenvalue weighted by Gasteiger charge is 2.31. The third kappa shape index (κ3) is 3.32. The molecule has 6 aromatic rings. The third-order valence-corrected chi connectivity index (χ3v) is 9.15. The highest BCUT2D eigenvalue weighted by Crippen LogP contribution is 2.52. The maximum Gasteiger partial charge on any atom is 0.284 e. The standard InChI is InChI=1S/C34H28N5S/c1-36-18-16-25-26(21-37(2)34(25)36)22-14-15-29-31(20-22)39(30-11-5-4-10-28(30)38(29)3)33-13-7-9-27(35-33)23-8-6-12-32-24(23)17-19-40-32/h4-15,17-21H,16H2,1-3H3/q+1. The van der Waals surface area contributed by atoms with E-state index in [0.717, 1.165) is 46.2 Å². The Morgan fingerprint density at radius 1 is 0.800 bits per heavy atom. The quantitative estimate of drug-likeness (QED) is 0.212. The average Bonchev–Trinajstić information content (AvgIpc) is 3.70. The van der Waals surface area contributed by atoms with Crippen molar-refractivity contribution in [2.75, 3.05) is 23.9 Å². The summed E-state index contributed by atoms with van der Waals surface area (Å²) in [4.78, 5) is 9.91. The first kappa shape index (κ1) is 23.2. The first-order valence-corrected chi connectivity index (χ1v) is 14.4. The molecule has 0 fully saturated rings. The van der Waals surface area contributed by atoms with Gasteiger partial charge in [-0.1, -0.05) is 36.4 Å². The average molecular weight is 539 g/mol. The topological polar surface area (TPSA) is 27.3 Å². The number of nitrogens with zero attached hydrogens (tertiary/aromatic N) is 5. The van der Waals surface area contributed by atoms with Crippen LogP contribution in [0.15, 0.2) is 96.5 Å². The molecule has 5 nitrogen and oxygen atoms in total. The minimum atomic E-state index is 0.912. The molecule has 3 aromatic heterocycles. The molecular formula is C34H28N5S+. The molecule has 2 aliphatic rings. The van der Waals surface area contributed by atoms with Crippen LogP contribution in [0.25, 0.3) is 32.5 Å². The first-order valence-electron chi connectivity index (χ1n) is 13.5. The number of thiophene rings is 1. The maximum absolute atomic E-state index is 5.29. The highest BCUT2D eigenvalue weighted by molar-refractivity contribution is 7.17. The zero-order chi connectivity index (χ0) is 27.0. The lowest BCUT2D eigenvalue weighted by molar-refractivity contribution is -0.403. The van der Waals surface area contributed by atoms with Gasteiger partial charge in [-0.05, 0) is 59.5 Å². The van der Waals surface area contributed by atoms with Crippen LogP contribution in [-0.4, -0.2) is 34.4 Å². The van der Waals surface area contributed by atoms with Crippen molar-refractivity contribution in [1.82, 2.24) is 9.55 Å². The Bertz CT molecular complexity index is 2000. The number of aromatic nitrogens is 2. The number of anilines is 5. The largest absolute Gasteiger partial charge is 0.341 e. The second-order valence-electron chi connectivity index (χ2n) is 10.6. The number of hydrogen-bond donors (Lipinski definition) is 0. The van der Waals surface area contributed by atoms with E-state index in [0.29, 0.717) is 0 Å². The Morgan fingerprint density at radius 3 is 2.52 bits per heavy atom. The van der Waals surface area contributed by atoms with E-state index in [1.807, 2.05) is 0 Å². The van der Waals surface area contributed by atoms with Crippen molar-refractivity contribution in [3.05, 3.63) is 102 Å². The number of rotatable bonds is 3. The van der Waals surface area contributed by atoms with E-state index in [4.69, 9.17) is 4.98 Å². The Morgan fingerprint density at radius 2 is 1.62 bits per heavy atom. The molecule has 0 N–H and O–H groups in total. The van der Waals surface area contributed by atoms with E-state index in [-0.39, 0.29) is 0 Å². The van der Waals surface area contributed by atoms with Gasteiger partial charge < -0.3 is 4.90 Å². The Kier molecular flexibility index (Phi) is 5.03. The normalized spacial score (nSPS) is 13.8. The first-order chi connectivity index (χ1) is 19.6. The number of para-hydroxylation sites is 2. The van der Waals surface area contributed by atoms with Crippen molar-refractivity contribution in [3.63, 3.8) is 0 Å². The summed E-state index contributed by atoms with van der Waals surface area (Å²) in [5.41, 5.74) is 10.6. The van der Waals surface area contributed by atoms with Gasteiger partial charge in [-0.25, -0.2) is 14.1 Å². The van der Waals surface area contributed by atoms with Gasteiger partial charge in [0.15, 0.2) is 0 Å². The fourth-order valence-corrected chi connectivity index (χ4v) is 7.22. The predicted molar refractivity (Wildman–Crippen MR) is 168 cm³/mol. The summed E-state index contributed by atoms with van der Waals surface area (Å²) in [6.07, 6.45) is 5.47. The highest BCUT2D eigenvalue weighted by atomic mass is 32.1. The molecule has 0 saturated carbocycles.